The maximum absolute atomic E-state index is 5.80. The van der Waals surface area contributed by atoms with Gasteiger partial charge in [-0.2, -0.15) is 4.37 Å². The highest BCUT2D eigenvalue weighted by Crippen LogP contribution is 2.33. The molecule has 0 amide bonds. The number of methoxy groups -OCH3 is 1. The summed E-state index contributed by atoms with van der Waals surface area (Å²) >= 11 is 1.36. The molecule has 2 aromatic rings. The summed E-state index contributed by atoms with van der Waals surface area (Å²) in [7, 11) is 1.60. The number of ether oxygens (including phenoxy) is 1. The van der Waals surface area contributed by atoms with E-state index in [2.05, 4.69) is 9.36 Å². The van der Waals surface area contributed by atoms with Gasteiger partial charge in [-0.25, -0.2) is 0 Å². The molecule has 0 atom stereocenters. The zero-order chi connectivity index (χ0) is 10.8. The molecule has 0 bridgehead atoms. The lowest BCUT2D eigenvalue weighted by atomic mass is 10.1. The number of rotatable bonds is 2. The molecule has 15 heavy (non-hydrogen) atoms. The summed E-state index contributed by atoms with van der Waals surface area (Å²) in [5.41, 5.74) is 9.40. The first kappa shape index (κ1) is 9.92. The number of nitrogen functional groups attached to an aromatic ring is 1. The normalized spacial score (nSPS) is 10.3. The topological polar surface area (TPSA) is 61.0 Å². The Morgan fingerprint density at radius 1 is 1.33 bits per heavy atom. The number of pyridine rings is 1. The van der Waals surface area contributed by atoms with Gasteiger partial charge in [-0.1, -0.05) is 0 Å². The minimum absolute atomic E-state index is 0.621. The molecule has 4 nitrogen and oxygen atoms in total. The lowest BCUT2D eigenvalue weighted by Gasteiger charge is -2.06. The molecule has 0 aliphatic rings. The first-order valence-electron chi connectivity index (χ1n) is 4.43. The quantitative estimate of drug-likeness (QED) is 0.843. The van der Waals surface area contributed by atoms with E-state index in [-0.39, 0.29) is 0 Å². The van der Waals surface area contributed by atoms with E-state index in [0.717, 1.165) is 16.7 Å². The largest absolute Gasteiger partial charge is 0.480 e. The smallest absolute Gasteiger partial charge is 0.232 e. The fourth-order valence-corrected chi connectivity index (χ4v) is 2.02. The van der Waals surface area contributed by atoms with Crippen LogP contribution in [0.5, 0.6) is 5.88 Å². The van der Waals surface area contributed by atoms with E-state index in [4.69, 9.17) is 10.5 Å². The maximum atomic E-state index is 5.80. The van der Waals surface area contributed by atoms with Gasteiger partial charge in [0.2, 0.25) is 5.88 Å². The lowest BCUT2D eigenvalue weighted by Crippen LogP contribution is -1.94. The van der Waals surface area contributed by atoms with Gasteiger partial charge in [0.15, 0.2) is 0 Å². The molecule has 0 aromatic carbocycles. The van der Waals surface area contributed by atoms with Crippen molar-refractivity contribution in [2.75, 3.05) is 12.8 Å². The Morgan fingerprint density at radius 2 is 2.13 bits per heavy atom. The number of hydrogen-bond donors (Lipinski definition) is 1. The summed E-state index contributed by atoms with van der Waals surface area (Å²) in [5, 5.41) is 1.93. The van der Waals surface area contributed by atoms with Gasteiger partial charge in [0.1, 0.15) is 0 Å². The van der Waals surface area contributed by atoms with E-state index in [0.29, 0.717) is 11.6 Å². The van der Waals surface area contributed by atoms with Crippen LogP contribution in [0.1, 0.15) is 5.56 Å². The molecule has 2 N–H and O–H groups in total. The molecule has 0 saturated heterocycles. The van der Waals surface area contributed by atoms with Crippen molar-refractivity contribution in [2.45, 2.75) is 6.92 Å². The van der Waals surface area contributed by atoms with Gasteiger partial charge < -0.3 is 10.5 Å². The molecule has 0 aliphatic heterocycles. The van der Waals surface area contributed by atoms with Crippen molar-refractivity contribution in [2.24, 2.45) is 0 Å². The van der Waals surface area contributed by atoms with Crippen LogP contribution in [-0.4, -0.2) is 16.5 Å². The van der Waals surface area contributed by atoms with Gasteiger partial charge in [-0.3, -0.25) is 4.98 Å². The molecule has 0 fully saturated rings. The van der Waals surface area contributed by atoms with Gasteiger partial charge in [-0.15, -0.1) is 0 Å². The molecule has 2 aromatic heterocycles. The molecule has 2 heterocycles. The third-order valence-electron chi connectivity index (χ3n) is 2.27. The summed E-state index contributed by atoms with van der Waals surface area (Å²) in [5.74, 6) is 0.621. The second-order valence-corrected chi connectivity index (χ2v) is 3.77. The van der Waals surface area contributed by atoms with Crippen LogP contribution in [0, 0.1) is 6.92 Å². The van der Waals surface area contributed by atoms with E-state index in [9.17, 15) is 0 Å². The summed E-state index contributed by atoms with van der Waals surface area (Å²) in [4.78, 5) is 4.07. The van der Waals surface area contributed by atoms with Crippen LogP contribution in [0.25, 0.3) is 11.1 Å². The average molecular weight is 221 g/mol. The minimum Gasteiger partial charge on any atom is -0.480 e. The highest BCUT2D eigenvalue weighted by atomic mass is 32.1. The molecule has 0 saturated carbocycles. The van der Waals surface area contributed by atoms with Crippen molar-refractivity contribution in [3.8, 4) is 17.0 Å². The Hall–Kier alpha value is -1.62. The Labute approximate surface area is 91.9 Å². The van der Waals surface area contributed by atoms with Gasteiger partial charge in [0.05, 0.1) is 24.6 Å². The first-order valence-corrected chi connectivity index (χ1v) is 5.26. The summed E-state index contributed by atoms with van der Waals surface area (Å²) in [6, 6.07) is 0. The van der Waals surface area contributed by atoms with Crippen LogP contribution < -0.4 is 10.5 Å². The SMILES string of the molecule is COc1nscc1-c1cncc(N)c1C. The van der Waals surface area contributed by atoms with E-state index < -0.39 is 0 Å². The van der Waals surface area contributed by atoms with Crippen LogP contribution >= 0.6 is 11.5 Å². The molecule has 0 unspecified atom stereocenters. The molecule has 78 valence electrons. The molecule has 0 spiro atoms. The zero-order valence-corrected chi connectivity index (χ0v) is 9.34. The fourth-order valence-electron chi connectivity index (χ4n) is 1.37. The van der Waals surface area contributed by atoms with Gasteiger partial charge in [0.25, 0.3) is 0 Å². The Morgan fingerprint density at radius 3 is 2.87 bits per heavy atom. The van der Waals surface area contributed by atoms with Crippen LogP contribution in [0.15, 0.2) is 17.8 Å². The number of nitrogens with two attached hydrogens (primary N) is 1. The van der Waals surface area contributed by atoms with Crippen LogP contribution in [-0.2, 0) is 0 Å². The Balaban J connectivity index is 2.59. The molecular weight excluding hydrogens is 210 g/mol. The molecular formula is C10H11N3OS. The predicted octanol–water partition coefficient (Wildman–Crippen LogP) is 2.10. The highest BCUT2D eigenvalue weighted by Gasteiger charge is 2.12. The molecule has 0 aliphatic carbocycles. The second-order valence-electron chi connectivity index (χ2n) is 3.14. The van der Waals surface area contributed by atoms with Crippen molar-refractivity contribution in [3.63, 3.8) is 0 Å². The van der Waals surface area contributed by atoms with E-state index >= 15 is 0 Å². The van der Waals surface area contributed by atoms with Crippen molar-refractivity contribution in [1.82, 2.24) is 9.36 Å². The van der Waals surface area contributed by atoms with Crippen LogP contribution in [0.3, 0.4) is 0 Å². The summed E-state index contributed by atoms with van der Waals surface area (Å²) in [6.45, 7) is 1.96. The minimum atomic E-state index is 0.621. The maximum Gasteiger partial charge on any atom is 0.232 e. The molecule has 2 rings (SSSR count). The zero-order valence-electron chi connectivity index (χ0n) is 8.52. The Bertz CT molecular complexity index is 481. The van der Waals surface area contributed by atoms with E-state index in [1.54, 1.807) is 19.5 Å². The second kappa shape index (κ2) is 3.86. The monoisotopic (exact) mass is 221 g/mol. The Kier molecular flexibility index (Phi) is 2.55. The number of anilines is 1. The first-order chi connectivity index (χ1) is 7.24. The van der Waals surface area contributed by atoms with Crippen LogP contribution in [0.4, 0.5) is 5.69 Å². The summed E-state index contributed by atoms with van der Waals surface area (Å²) < 4.78 is 9.30. The third kappa shape index (κ3) is 1.66. The van der Waals surface area contributed by atoms with Crippen molar-refractivity contribution >= 4 is 17.2 Å². The van der Waals surface area contributed by atoms with Gasteiger partial charge >= 0.3 is 0 Å². The third-order valence-corrected chi connectivity index (χ3v) is 2.89. The van der Waals surface area contributed by atoms with E-state index in [1.807, 2.05) is 12.3 Å². The molecule has 5 heteroatoms. The number of hydrogen-bond acceptors (Lipinski definition) is 5. The lowest BCUT2D eigenvalue weighted by molar-refractivity contribution is 0.404. The van der Waals surface area contributed by atoms with Crippen molar-refractivity contribution < 1.29 is 4.74 Å². The number of aromatic nitrogens is 2. The fraction of sp³-hybridized carbons (Fsp3) is 0.200. The van der Waals surface area contributed by atoms with E-state index in [1.165, 1.54) is 11.5 Å². The summed E-state index contributed by atoms with van der Waals surface area (Å²) in [6.07, 6.45) is 3.42. The van der Waals surface area contributed by atoms with Crippen LogP contribution in [0.2, 0.25) is 0 Å². The number of nitrogens with zero attached hydrogens (tertiary/aromatic N) is 2. The van der Waals surface area contributed by atoms with Crippen molar-refractivity contribution in [3.05, 3.63) is 23.3 Å². The molecule has 0 radical (unpaired) electrons. The van der Waals surface area contributed by atoms with Crippen molar-refractivity contribution in [1.29, 1.82) is 0 Å². The van der Waals surface area contributed by atoms with Gasteiger partial charge in [0, 0.05) is 17.1 Å². The standard InChI is InChI=1S/C10H11N3OS/c1-6-7(3-12-4-9(6)11)8-5-15-13-10(8)14-2/h3-5H,11H2,1-2H3. The average Bonchev–Trinajstić information content (AvgIpc) is 2.70. The highest BCUT2D eigenvalue weighted by molar-refractivity contribution is 7.04. The predicted molar refractivity (Wildman–Crippen MR) is 61.0 cm³/mol. The van der Waals surface area contributed by atoms with Gasteiger partial charge in [-0.05, 0) is 24.0 Å².